The summed E-state index contributed by atoms with van der Waals surface area (Å²) in [5, 5.41) is 22.6. The van der Waals surface area contributed by atoms with Crippen molar-refractivity contribution in [3.05, 3.63) is 87.2 Å². The van der Waals surface area contributed by atoms with Crippen molar-refractivity contribution < 1.29 is 19.7 Å². The van der Waals surface area contributed by atoms with E-state index in [1.165, 1.54) is 0 Å². The highest BCUT2D eigenvalue weighted by atomic mass is 16.6. The molecule has 4 aromatic rings. The van der Waals surface area contributed by atoms with Crippen molar-refractivity contribution in [3.63, 3.8) is 0 Å². The molecule has 36 heavy (non-hydrogen) atoms. The van der Waals surface area contributed by atoms with Gasteiger partial charge in [-0.1, -0.05) is 25.1 Å². The van der Waals surface area contributed by atoms with Gasteiger partial charge in [0.25, 0.3) is 5.56 Å². The van der Waals surface area contributed by atoms with Gasteiger partial charge in [-0.3, -0.25) is 4.79 Å². The van der Waals surface area contributed by atoms with Crippen LogP contribution in [0.4, 0.5) is 5.69 Å². The number of rotatable bonds is 4. The number of nitrogens with zero attached hydrogens (tertiary/aromatic N) is 3. The van der Waals surface area contributed by atoms with E-state index in [0.29, 0.717) is 41.1 Å². The normalized spacial score (nSPS) is 17.9. The van der Waals surface area contributed by atoms with E-state index < -0.39 is 11.6 Å². The molecule has 0 fully saturated rings. The van der Waals surface area contributed by atoms with E-state index >= 15 is 0 Å². The molecule has 0 amide bonds. The van der Waals surface area contributed by atoms with Crippen molar-refractivity contribution in [2.75, 3.05) is 11.9 Å². The molecule has 0 spiro atoms. The summed E-state index contributed by atoms with van der Waals surface area (Å²) in [6, 6.07) is 17.0. The fourth-order valence-electron chi connectivity index (χ4n) is 5.28. The van der Waals surface area contributed by atoms with Crippen LogP contribution in [0.3, 0.4) is 0 Å². The number of hydrogen-bond acceptors (Lipinski definition) is 7. The van der Waals surface area contributed by atoms with Gasteiger partial charge >= 0.3 is 5.97 Å². The number of esters is 1. The molecule has 1 atom stereocenters. The fraction of sp³-hybridized carbons (Fsp3) is 0.250. The highest BCUT2D eigenvalue weighted by Crippen LogP contribution is 2.39. The van der Waals surface area contributed by atoms with Crippen molar-refractivity contribution in [2.24, 2.45) is 0 Å². The summed E-state index contributed by atoms with van der Waals surface area (Å²) in [5.41, 5.74) is 2.92. The Bertz CT molecular complexity index is 1610. The van der Waals surface area contributed by atoms with E-state index in [1.54, 1.807) is 29.7 Å². The minimum atomic E-state index is -1.86. The number of hydrogen-bond donors (Lipinski definition) is 2. The number of aliphatic hydroxyl groups is 1. The van der Waals surface area contributed by atoms with Crippen LogP contribution in [0.25, 0.3) is 22.3 Å². The van der Waals surface area contributed by atoms with E-state index in [2.05, 4.69) is 4.90 Å². The molecule has 2 aromatic heterocycles. The maximum Gasteiger partial charge on any atom is 0.343 e. The van der Waals surface area contributed by atoms with Crippen molar-refractivity contribution in [1.82, 2.24) is 9.55 Å². The number of ether oxygens (including phenoxy) is 1. The molecule has 8 nitrogen and oxygen atoms in total. The number of benzene rings is 2. The van der Waals surface area contributed by atoms with E-state index in [0.717, 1.165) is 22.2 Å². The second-order valence-corrected chi connectivity index (χ2v) is 9.42. The van der Waals surface area contributed by atoms with E-state index in [1.807, 2.05) is 43.4 Å². The summed E-state index contributed by atoms with van der Waals surface area (Å²) in [5.74, 6) is -0.562. The number of phenolic OH excluding ortho intramolecular Hbond substituents is 1. The van der Waals surface area contributed by atoms with Crippen LogP contribution < -0.4 is 10.5 Å². The Morgan fingerprint density at radius 2 is 1.92 bits per heavy atom. The number of pyridine rings is 2. The van der Waals surface area contributed by atoms with Crippen LogP contribution in [-0.2, 0) is 34.8 Å². The number of para-hydroxylation sites is 1. The molecule has 0 bridgehead atoms. The zero-order chi connectivity index (χ0) is 25.2. The van der Waals surface area contributed by atoms with Gasteiger partial charge in [0.05, 0.1) is 29.0 Å². The number of aromatic nitrogens is 2. The van der Waals surface area contributed by atoms with Gasteiger partial charge in [0.15, 0.2) is 5.60 Å². The Balaban J connectivity index is 1.49. The Morgan fingerprint density at radius 1 is 1.14 bits per heavy atom. The number of fused-ring (bicyclic) bond motifs is 5. The van der Waals surface area contributed by atoms with Gasteiger partial charge in [-0.25, -0.2) is 9.78 Å². The zero-order valence-electron chi connectivity index (χ0n) is 20.0. The first-order valence-electron chi connectivity index (χ1n) is 11.9. The summed E-state index contributed by atoms with van der Waals surface area (Å²) >= 11 is 0. The molecule has 0 saturated heterocycles. The average molecular weight is 484 g/mol. The summed E-state index contributed by atoms with van der Waals surface area (Å²) in [6.45, 7) is 2.30. The lowest BCUT2D eigenvalue weighted by Crippen LogP contribution is -2.44. The second-order valence-electron chi connectivity index (χ2n) is 9.42. The second kappa shape index (κ2) is 7.93. The third-order valence-corrected chi connectivity index (χ3v) is 7.37. The lowest BCUT2D eigenvalue weighted by molar-refractivity contribution is -0.172. The average Bonchev–Trinajstić information content (AvgIpc) is 3.25. The molecule has 6 rings (SSSR count). The van der Waals surface area contributed by atoms with Gasteiger partial charge in [-0.05, 0) is 42.8 Å². The molecular formula is C28H25N3O5. The predicted octanol–water partition coefficient (Wildman–Crippen LogP) is 3.42. The summed E-state index contributed by atoms with van der Waals surface area (Å²) in [7, 11) is 1.96. The monoisotopic (exact) mass is 483 g/mol. The highest BCUT2D eigenvalue weighted by molar-refractivity contribution is 5.89. The van der Waals surface area contributed by atoms with E-state index in [9.17, 15) is 19.8 Å². The molecule has 0 radical (unpaired) electrons. The first-order chi connectivity index (χ1) is 17.3. The van der Waals surface area contributed by atoms with Crippen LogP contribution >= 0.6 is 0 Å². The number of anilines is 1. The topological polar surface area (TPSA) is 105 Å². The van der Waals surface area contributed by atoms with Crippen LogP contribution in [0.1, 0.15) is 35.6 Å². The van der Waals surface area contributed by atoms with Gasteiger partial charge in [0.2, 0.25) is 0 Å². The summed E-state index contributed by atoms with van der Waals surface area (Å²) in [4.78, 5) is 32.7. The summed E-state index contributed by atoms with van der Waals surface area (Å²) in [6.07, 6.45) is 0.0945. The third kappa shape index (κ3) is 3.14. The lowest BCUT2D eigenvalue weighted by atomic mass is 9.86. The Kier molecular flexibility index (Phi) is 4.91. The first kappa shape index (κ1) is 22.3. The van der Waals surface area contributed by atoms with Crippen molar-refractivity contribution in [2.45, 2.75) is 38.6 Å². The minimum absolute atomic E-state index is 0.0945. The Labute approximate surface area is 207 Å². The zero-order valence-corrected chi connectivity index (χ0v) is 20.0. The maximum absolute atomic E-state index is 13.4. The molecular weight excluding hydrogens is 458 g/mol. The fourth-order valence-corrected chi connectivity index (χ4v) is 5.28. The van der Waals surface area contributed by atoms with Crippen LogP contribution in [-0.4, -0.2) is 32.8 Å². The Hall–Kier alpha value is -4.17. The number of aromatic hydroxyl groups is 1. The first-order valence-corrected chi connectivity index (χ1v) is 11.9. The molecule has 2 N–H and O–H groups in total. The Morgan fingerprint density at radius 3 is 2.67 bits per heavy atom. The number of cyclic esters (lactones) is 1. The largest absolute Gasteiger partial charge is 0.508 e. The summed E-state index contributed by atoms with van der Waals surface area (Å²) < 4.78 is 6.75. The molecule has 2 aromatic carbocycles. The quantitative estimate of drug-likeness (QED) is 0.378. The molecule has 0 aliphatic carbocycles. The van der Waals surface area contributed by atoms with Gasteiger partial charge in [-0.2, -0.15) is 0 Å². The molecule has 4 heterocycles. The lowest BCUT2D eigenvalue weighted by Gasteiger charge is -2.31. The number of phenols is 1. The SMILES string of the molecule is CCC1(O)C(=O)OCc2c1cc1n(c2=O)Cc2cc3c(CN(C)c4ccccc4)c(O)ccc3nc2-1. The van der Waals surface area contributed by atoms with Crippen LogP contribution in [0.2, 0.25) is 0 Å². The van der Waals surface area contributed by atoms with E-state index in [-0.39, 0.29) is 24.3 Å². The van der Waals surface area contributed by atoms with Gasteiger partial charge < -0.3 is 24.4 Å². The van der Waals surface area contributed by atoms with Gasteiger partial charge in [0, 0.05) is 41.4 Å². The maximum atomic E-state index is 13.4. The van der Waals surface area contributed by atoms with E-state index in [4.69, 9.17) is 9.72 Å². The highest BCUT2D eigenvalue weighted by Gasteiger charge is 2.45. The number of carbonyl (C=O) groups is 1. The molecule has 2 aliphatic heterocycles. The predicted molar refractivity (Wildman–Crippen MR) is 135 cm³/mol. The van der Waals surface area contributed by atoms with Crippen molar-refractivity contribution >= 4 is 22.6 Å². The molecule has 8 heteroatoms. The van der Waals surface area contributed by atoms with Gasteiger partial charge in [-0.15, -0.1) is 0 Å². The van der Waals surface area contributed by atoms with Crippen LogP contribution in [0.5, 0.6) is 5.75 Å². The minimum Gasteiger partial charge on any atom is -0.508 e. The smallest absolute Gasteiger partial charge is 0.343 e. The third-order valence-electron chi connectivity index (χ3n) is 7.37. The van der Waals surface area contributed by atoms with Gasteiger partial charge in [0.1, 0.15) is 12.4 Å². The van der Waals surface area contributed by atoms with Crippen molar-refractivity contribution in [1.29, 1.82) is 0 Å². The molecule has 182 valence electrons. The van der Waals surface area contributed by atoms with Crippen LogP contribution in [0, 0.1) is 0 Å². The van der Waals surface area contributed by atoms with Crippen molar-refractivity contribution in [3.8, 4) is 17.1 Å². The molecule has 1 unspecified atom stereocenters. The standard InChI is InChI=1S/C28H25N3O5/c1-3-28(35)21-12-23-25-16(13-31(23)26(33)20(21)15-36-27(28)34)11-18-19(24(32)10-9-22(18)29-25)14-30(2)17-7-5-4-6-8-17/h4-12,32,35H,3,13-15H2,1-2H3. The molecule has 0 saturated carbocycles. The number of carbonyl (C=O) groups excluding carboxylic acids is 1. The van der Waals surface area contributed by atoms with Crippen LogP contribution in [0.15, 0.2) is 59.4 Å². The molecule has 2 aliphatic rings.